The zero-order valence-electron chi connectivity index (χ0n) is 7.69. The van der Waals surface area contributed by atoms with Gasteiger partial charge in [-0.2, -0.15) is 0 Å². The van der Waals surface area contributed by atoms with Crippen LogP contribution in [0, 0.1) is 0 Å². The molecular weight excluding hydrogens is 168 g/mol. The van der Waals surface area contributed by atoms with Crippen LogP contribution >= 0.6 is 0 Å². The molecule has 1 rings (SSSR count). The molecule has 0 fully saturated rings. The number of nitrogens with zero attached hydrogens (tertiary/aromatic N) is 1. The number of anilines is 1. The summed E-state index contributed by atoms with van der Waals surface area (Å²) in [6.07, 6.45) is 3.46. The molecule has 0 bridgehead atoms. The van der Waals surface area contributed by atoms with Crippen molar-refractivity contribution < 1.29 is 9.21 Å². The van der Waals surface area contributed by atoms with Gasteiger partial charge < -0.3 is 10.2 Å². The Labute approximate surface area is 77.3 Å². The van der Waals surface area contributed by atoms with E-state index in [0.717, 1.165) is 12.8 Å². The van der Waals surface area contributed by atoms with Crippen molar-refractivity contribution in [1.29, 1.82) is 0 Å². The standard InChI is InChI=1S/C9H14N2O2/c1-2-3-6-11(9(10)12)8-5-4-7-13-8/h4-5,7H,2-3,6H2,1H3,(H2,10,12). The zero-order valence-corrected chi connectivity index (χ0v) is 7.69. The molecule has 0 aliphatic heterocycles. The highest BCUT2D eigenvalue weighted by molar-refractivity contribution is 5.88. The lowest BCUT2D eigenvalue weighted by Gasteiger charge is -2.16. The molecule has 0 unspecified atom stereocenters. The van der Waals surface area contributed by atoms with Crippen LogP contribution in [0.3, 0.4) is 0 Å². The van der Waals surface area contributed by atoms with Crippen molar-refractivity contribution in [3.63, 3.8) is 0 Å². The monoisotopic (exact) mass is 182 g/mol. The van der Waals surface area contributed by atoms with Crippen LogP contribution in [0.2, 0.25) is 0 Å². The lowest BCUT2D eigenvalue weighted by Crippen LogP contribution is -2.36. The number of carbonyl (C=O) groups is 1. The smallest absolute Gasteiger partial charge is 0.321 e. The van der Waals surface area contributed by atoms with Crippen LogP contribution in [-0.2, 0) is 0 Å². The normalized spacial score (nSPS) is 9.92. The fraction of sp³-hybridized carbons (Fsp3) is 0.444. The van der Waals surface area contributed by atoms with Gasteiger partial charge in [-0.1, -0.05) is 13.3 Å². The molecule has 72 valence electrons. The largest absolute Gasteiger partial charge is 0.448 e. The molecule has 0 aromatic carbocycles. The number of nitrogens with two attached hydrogens (primary N) is 1. The van der Waals surface area contributed by atoms with Crippen molar-refractivity contribution in [2.45, 2.75) is 19.8 Å². The molecule has 13 heavy (non-hydrogen) atoms. The van der Waals surface area contributed by atoms with Gasteiger partial charge >= 0.3 is 6.03 Å². The highest BCUT2D eigenvalue weighted by Crippen LogP contribution is 2.14. The third-order valence-electron chi connectivity index (χ3n) is 1.77. The third-order valence-corrected chi connectivity index (χ3v) is 1.77. The predicted molar refractivity (Wildman–Crippen MR) is 50.5 cm³/mol. The van der Waals surface area contributed by atoms with E-state index in [0.29, 0.717) is 12.4 Å². The molecule has 0 spiro atoms. The SMILES string of the molecule is CCCCN(C(N)=O)c1ccco1. The number of carbonyl (C=O) groups excluding carboxylic acids is 1. The van der Waals surface area contributed by atoms with Crippen LogP contribution in [0.15, 0.2) is 22.8 Å². The molecule has 0 aliphatic carbocycles. The highest BCUT2D eigenvalue weighted by atomic mass is 16.3. The van der Waals surface area contributed by atoms with E-state index in [1.807, 2.05) is 0 Å². The second-order valence-electron chi connectivity index (χ2n) is 2.79. The van der Waals surface area contributed by atoms with Crippen LogP contribution < -0.4 is 10.6 Å². The van der Waals surface area contributed by atoms with E-state index in [9.17, 15) is 4.79 Å². The average molecular weight is 182 g/mol. The minimum Gasteiger partial charge on any atom is -0.448 e. The minimum atomic E-state index is -0.469. The number of rotatable bonds is 4. The number of urea groups is 1. The number of furan rings is 1. The minimum absolute atomic E-state index is 0.469. The summed E-state index contributed by atoms with van der Waals surface area (Å²) in [4.78, 5) is 12.4. The summed E-state index contributed by atoms with van der Waals surface area (Å²) in [5.41, 5.74) is 5.20. The maximum Gasteiger partial charge on any atom is 0.321 e. The summed E-state index contributed by atoms with van der Waals surface area (Å²) < 4.78 is 5.08. The van der Waals surface area contributed by atoms with Gasteiger partial charge in [0.25, 0.3) is 0 Å². The van der Waals surface area contributed by atoms with Crippen molar-refractivity contribution in [2.75, 3.05) is 11.4 Å². The molecule has 2 amide bonds. The second kappa shape index (κ2) is 4.54. The van der Waals surface area contributed by atoms with E-state index in [-0.39, 0.29) is 0 Å². The van der Waals surface area contributed by atoms with E-state index < -0.39 is 6.03 Å². The average Bonchev–Trinajstić information content (AvgIpc) is 2.57. The molecular formula is C9H14N2O2. The Morgan fingerprint density at radius 2 is 2.46 bits per heavy atom. The topological polar surface area (TPSA) is 59.5 Å². The van der Waals surface area contributed by atoms with E-state index in [1.54, 1.807) is 12.1 Å². The van der Waals surface area contributed by atoms with Crippen molar-refractivity contribution >= 4 is 11.9 Å². The number of primary amides is 1. The zero-order chi connectivity index (χ0) is 9.68. The number of unbranched alkanes of at least 4 members (excludes halogenated alkanes) is 1. The quantitative estimate of drug-likeness (QED) is 0.773. The van der Waals surface area contributed by atoms with Gasteiger partial charge in [-0.15, -0.1) is 0 Å². The van der Waals surface area contributed by atoms with Crippen LogP contribution in [0.5, 0.6) is 0 Å². The molecule has 1 aromatic heterocycles. The maximum absolute atomic E-state index is 11.0. The second-order valence-corrected chi connectivity index (χ2v) is 2.79. The van der Waals surface area contributed by atoms with Gasteiger partial charge in [-0.05, 0) is 12.5 Å². The van der Waals surface area contributed by atoms with E-state index in [1.165, 1.54) is 11.2 Å². The Morgan fingerprint density at radius 3 is 2.92 bits per heavy atom. The van der Waals surface area contributed by atoms with Gasteiger partial charge in [-0.25, -0.2) is 4.79 Å². The molecule has 0 saturated heterocycles. The van der Waals surface area contributed by atoms with E-state index >= 15 is 0 Å². The molecule has 1 aromatic rings. The van der Waals surface area contributed by atoms with Crippen LogP contribution in [0.25, 0.3) is 0 Å². The Balaban J connectivity index is 2.63. The summed E-state index contributed by atoms with van der Waals surface area (Å²) in [6, 6.07) is 2.99. The van der Waals surface area contributed by atoms with Gasteiger partial charge in [0.05, 0.1) is 6.26 Å². The molecule has 0 radical (unpaired) electrons. The van der Waals surface area contributed by atoms with Crippen LogP contribution in [0.1, 0.15) is 19.8 Å². The predicted octanol–water partition coefficient (Wildman–Crippen LogP) is 1.96. The first-order chi connectivity index (χ1) is 6.25. The summed E-state index contributed by atoms with van der Waals surface area (Å²) in [5.74, 6) is 0.515. The van der Waals surface area contributed by atoms with Gasteiger partial charge in [-0.3, -0.25) is 4.90 Å². The first-order valence-corrected chi connectivity index (χ1v) is 4.36. The summed E-state index contributed by atoms with van der Waals surface area (Å²) in [7, 11) is 0. The Morgan fingerprint density at radius 1 is 1.69 bits per heavy atom. The van der Waals surface area contributed by atoms with Crippen molar-refractivity contribution in [1.82, 2.24) is 0 Å². The molecule has 1 heterocycles. The first-order valence-electron chi connectivity index (χ1n) is 4.36. The maximum atomic E-state index is 11.0. The van der Waals surface area contributed by atoms with Gasteiger partial charge in [0.1, 0.15) is 0 Å². The van der Waals surface area contributed by atoms with Gasteiger partial charge in [0.2, 0.25) is 5.88 Å². The lowest BCUT2D eigenvalue weighted by molar-refractivity contribution is 0.252. The Bertz CT molecular complexity index is 257. The first kappa shape index (κ1) is 9.64. The molecule has 0 saturated carbocycles. The summed E-state index contributed by atoms with van der Waals surface area (Å²) in [6.45, 7) is 2.67. The molecule has 0 aliphatic rings. The number of amides is 2. The molecule has 4 nitrogen and oxygen atoms in total. The lowest BCUT2D eigenvalue weighted by atomic mass is 10.3. The van der Waals surface area contributed by atoms with Gasteiger partial charge in [0.15, 0.2) is 0 Å². The van der Waals surface area contributed by atoms with Gasteiger partial charge in [0, 0.05) is 12.6 Å². The fourth-order valence-corrected chi connectivity index (χ4v) is 1.07. The molecule has 2 N–H and O–H groups in total. The van der Waals surface area contributed by atoms with Crippen LogP contribution in [-0.4, -0.2) is 12.6 Å². The fourth-order valence-electron chi connectivity index (χ4n) is 1.07. The van der Waals surface area contributed by atoms with E-state index in [4.69, 9.17) is 10.2 Å². The number of hydrogen-bond donors (Lipinski definition) is 1. The van der Waals surface area contributed by atoms with Crippen LogP contribution in [0.4, 0.5) is 10.7 Å². The molecule has 4 heteroatoms. The Hall–Kier alpha value is -1.45. The summed E-state index contributed by atoms with van der Waals surface area (Å²) >= 11 is 0. The van der Waals surface area contributed by atoms with E-state index in [2.05, 4.69) is 6.92 Å². The Kier molecular flexibility index (Phi) is 3.37. The van der Waals surface area contributed by atoms with Crippen molar-refractivity contribution in [2.24, 2.45) is 5.73 Å². The van der Waals surface area contributed by atoms with Crippen molar-refractivity contribution in [3.8, 4) is 0 Å². The van der Waals surface area contributed by atoms with Crippen molar-refractivity contribution in [3.05, 3.63) is 18.4 Å². The number of hydrogen-bond acceptors (Lipinski definition) is 2. The highest BCUT2D eigenvalue weighted by Gasteiger charge is 2.13. The third kappa shape index (κ3) is 2.50. The summed E-state index contributed by atoms with van der Waals surface area (Å²) in [5, 5.41) is 0. The molecule has 0 atom stereocenters.